The zero-order valence-electron chi connectivity index (χ0n) is 5.93. The van der Waals surface area contributed by atoms with Crippen LogP contribution in [0.1, 0.15) is 12.8 Å². The highest BCUT2D eigenvalue weighted by Crippen LogP contribution is 2.19. The number of fused-ring (bicyclic) bond motifs is 3. The molecular weight excluding hydrogens is 112 g/mol. The van der Waals surface area contributed by atoms with Gasteiger partial charge in [0, 0.05) is 25.2 Å². The molecule has 0 aromatic heterocycles. The maximum absolute atomic E-state index is 3.51. The molecule has 3 aliphatic rings. The van der Waals surface area contributed by atoms with E-state index >= 15 is 0 Å². The zero-order valence-corrected chi connectivity index (χ0v) is 5.93. The fourth-order valence-electron chi connectivity index (χ4n) is 1.93. The Morgan fingerprint density at radius 1 is 1.44 bits per heavy atom. The number of nitrogens with one attached hydrogen (secondary N) is 1. The van der Waals surface area contributed by atoms with Crippen LogP contribution < -0.4 is 5.32 Å². The number of piperazine rings is 1. The average Bonchev–Trinajstić information content (AvgIpc) is 1.90. The third-order valence-corrected chi connectivity index (χ3v) is 2.62. The normalized spacial score (nSPS) is 43.7. The van der Waals surface area contributed by atoms with Gasteiger partial charge in [-0.2, -0.15) is 0 Å². The summed E-state index contributed by atoms with van der Waals surface area (Å²) in [7, 11) is 2.23. The third kappa shape index (κ3) is 0.864. The summed E-state index contributed by atoms with van der Waals surface area (Å²) in [4.78, 5) is 2.48. The standard InChI is InChI=1S/C7H14N2/c1-9-5-6-2-3-7(9)4-8-6/h6-8H,2-5H2,1H3/t6-,7?/m0/s1. The van der Waals surface area contributed by atoms with Crippen molar-refractivity contribution in [3.8, 4) is 0 Å². The summed E-state index contributed by atoms with van der Waals surface area (Å²) >= 11 is 0. The number of hydrogen-bond acceptors (Lipinski definition) is 2. The lowest BCUT2D eigenvalue weighted by molar-refractivity contribution is 0.101. The Balaban J connectivity index is 2.06. The Morgan fingerprint density at radius 2 is 2.33 bits per heavy atom. The van der Waals surface area contributed by atoms with Crippen LogP contribution in [0.2, 0.25) is 0 Å². The van der Waals surface area contributed by atoms with Gasteiger partial charge in [0.15, 0.2) is 0 Å². The van der Waals surface area contributed by atoms with Crippen LogP contribution in [0.4, 0.5) is 0 Å². The van der Waals surface area contributed by atoms with Crippen LogP contribution in [0.25, 0.3) is 0 Å². The monoisotopic (exact) mass is 126 g/mol. The summed E-state index contributed by atoms with van der Waals surface area (Å²) in [5.41, 5.74) is 0. The maximum Gasteiger partial charge on any atom is 0.0218 e. The van der Waals surface area contributed by atoms with Crippen molar-refractivity contribution < 1.29 is 0 Å². The lowest BCUT2D eigenvalue weighted by atomic mass is 9.94. The van der Waals surface area contributed by atoms with Crippen LogP contribution in [-0.4, -0.2) is 37.1 Å². The highest BCUT2D eigenvalue weighted by molar-refractivity contribution is 4.90. The van der Waals surface area contributed by atoms with Crippen LogP contribution in [0, 0.1) is 0 Å². The zero-order chi connectivity index (χ0) is 6.27. The SMILES string of the molecule is CN1C[C@@H]2CCC1CN2. The summed E-state index contributed by atoms with van der Waals surface area (Å²) in [6, 6.07) is 1.65. The summed E-state index contributed by atoms with van der Waals surface area (Å²) in [6.07, 6.45) is 2.81. The number of piperidine rings is 2. The summed E-state index contributed by atoms with van der Waals surface area (Å²) in [6.45, 7) is 2.49. The third-order valence-electron chi connectivity index (χ3n) is 2.62. The molecule has 1 unspecified atom stereocenters. The second-order valence-electron chi connectivity index (χ2n) is 3.28. The molecule has 3 fully saturated rings. The van der Waals surface area contributed by atoms with Gasteiger partial charge < -0.3 is 10.2 Å². The van der Waals surface area contributed by atoms with E-state index in [1.54, 1.807) is 0 Å². The maximum atomic E-state index is 3.51. The van der Waals surface area contributed by atoms with Crippen molar-refractivity contribution in [2.75, 3.05) is 20.1 Å². The van der Waals surface area contributed by atoms with Crippen LogP contribution in [0.15, 0.2) is 0 Å². The van der Waals surface area contributed by atoms with E-state index in [4.69, 9.17) is 0 Å². The Labute approximate surface area is 56.2 Å². The topological polar surface area (TPSA) is 15.3 Å². The predicted octanol–water partition coefficient (Wildman–Crippen LogP) is 0.0524. The van der Waals surface area contributed by atoms with Crippen LogP contribution in [0.5, 0.6) is 0 Å². The van der Waals surface area contributed by atoms with E-state index in [9.17, 15) is 0 Å². The second-order valence-corrected chi connectivity index (χ2v) is 3.28. The molecule has 2 atom stereocenters. The van der Waals surface area contributed by atoms with E-state index < -0.39 is 0 Å². The van der Waals surface area contributed by atoms with Gasteiger partial charge in [-0.1, -0.05) is 0 Å². The molecule has 9 heavy (non-hydrogen) atoms. The van der Waals surface area contributed by atoms with Crippen molar-refractivity contribution in [3.63, 3.8) is 0 Å². The molecule has 3 heterocycles. The van der Waals surface area contributed by atoms with Crippen molar-refractivity contribution in [1.82, 2.24) is 10.2 Å². The lowest BCUT2D eigenvalue weighted by Gasteiger charge is -2.44. The molecule has 3 rings (SSSR count). The van der Waals surface area contributed by atoms with Gasteiger partial charge in [-0.3, -0.25) is 0 Å². The van der Waals surface area contributed by atoms with Crippen molar-refractivity contribution >= 4 is 0 Å². The molecule has 0 aromatic rings. The van der Waals surface area contributed by atoms with Gasteiger partial charge in [0.2, 0.25) is 0 Å². The number of rotatable bonds is 0. The molecule has 2 bridgehead atoms. The molecule has 3 saturated heterocycles. The fraction of sp³-hybridized carbons (Fsp3) is 1.00. The highest BCUT2D eigenvalue weighted by atomic mass is 15.2. The smallest absolute Gasteiger partial charge is 0.0218 e. The van der Waals surface area contributed by atoms with E-state index in [0.29, 0.717) is 0 Å². The van der Waals surface area contributed by atoms with E-state index in [2.05, 4.69) is 17.3 Å². The lowest BCUT2D eigenvalue weighted by Crippen LogP contribution is -2.59. The fourth-order valence-corrected chi connectivity index (χ4v) is 1.93. The molecule has 0 aliphatic carbocycles. The molecular formula is C7H14N2. The van der Waals surface area contributed by atoms with Crippen molar-refractivity contribution in [2.24, 2.45) is 0 Å². The first-order valence-electron chi connectivity index (χ1n) is 3.80. The minimum Gasteiger partial charge on any atom is -0.311 e. The Bertz CT molecular complexity index is 105. The molecule has 3 aliphatic heterocycles. The van der Waals surface area contributed by atoms with Gasteiger partial charge in [0.25, 0.3) is 0 Å². The van der Waals surface area contributed by atoms with Crippen LogP contribution in [0.3, 0.4) is 0 Å². The van der Waals surface area contributed by atoms with Crippen LogP contribution >= 0.6 is 0 Å². The molecule has 0 spiro atoms. The van der Waals surface area contributed by atoms with Crippen LogP contribution in [-0.2, 0) is 0 Å². The van der Waals surface area contributed by atoms with Gasteiger partial charge >= 0.3 is 0 Å². The number of hydrogen-bond donors (Lipinski definition) is 1. The average molecular weight is 126 g/mol. The van der Waals surface area contributed by atoms with Gasteiger partial charge in [-0.05, 0) is 19.9 Å². The summed E-state index contributed by atoms with van der Waals surface area (Å²) < 4.78 is 0. The molecule has 0 amide bonds. The Kier molecular flexibility index (Phi) is 1.24. The van der Waals surface area contributed by atoms with Gasteiger partial charge in [0.05, 0.1) is 0 Å². The predicted molar refractivity (Wildman–Crippen MR) is 37.4 cm³/mol. The second kappa shape index (κ2) is 1.96. The largest absolute Gasteiger partial charge is 0.311 e. The Hall–Kier alpha value is -0.0800. The van der Waals surface area contributed by atoms with Gasteiger partial charge in [-0.15, -0.1) is 0 Å². The van der Waals surface area contributed by atoms with Gasteiger partial charge in [0.1, 0.15) is 0 Å². The highest BCUT2D eigenvalue weighted by Gasteiger charge is 2.30. The number of nitrogens with zero attached hydrogens (tertiary/aromatic N) is 1. The quantitative estimate of drug-likeness (QED) is 0.493. The van der Waals surface area contributed by atoms with Crippen molar-refractivity contribution in [2.45, 2.75) is 24.9 Å². The molecule has 2 nitrogen and oxygen atoms in total. The van der Waals surface area contributed by atoms with Crippen molar-refractivity contribution in [3.05, 3.63) is 0 Å². The molecule has 0 saturated carbocycles. The van der Waals surface area contributed by atoms with E-state index in [-0.39, 0.29) is 0 Å². The van der Waals surface area contributed by atoms with E-state index in [1.165, 1.54) is 25.9 Å². The Morgan fingerprint density at radius 3 is 2.56 bits per heavy atom. The first-order chi connectivity index (χ1) is 4.36. The minimum absolute atomic E-state index is 0.806. The molecule has 2 heteroatoms. The van der Waals surface area contributed by atoms with E-state index in [1.807, 2.05) is 0 Å². The molecule has 0 aromatic carbocycles. The van der Waals surface area contributed by atoms with E-state index in [0.717, 1.165) is 12.1 Å². The van der Waals surface area contributed by atoms with Gasteiger partial charge in [-0.25, -0.2) is 0 Å². The van der Waals surface area contributed by atoms with Crippen molar-refractivity contribution in [1.29, 1.82) is 0 Å². The molecule has 1 N–H and O–H groups in total. The first-order valence-corrected chi connectivity index (χ1v) is 3.80. The molecule has 0 radical (unpaired) electrons. The summed E-state index contributed by atoms with van der Waals surface area (Å²) in [5, 5.41) is 3.51. The minimum atomic E-state index is 0.806. The number of likely N-dealkylation sites (N-methyl/N-ethyl adjacent to an activating group) is 1. The summed E-state index contributed by atoms with van der Waals surface area (Å²) in [5.74, 6) is 0. The first kappa shape index (κ1) is 5.69. The molecule has 52 valence electrons.